The van der Waals surface area contributed by atoms with Gasteiger partial charge in [-0.2, -0.15) is 0 Å². The van der Waals surface area contributed by atoms with E-state index >= 15 is 4.39 Å². The fraction of sp³-hybridized carbons (Fsp3) is 0.308. The maximum atomic E-state index is 16.0. The van der Waals surface area contributed by atoms with Crippen molar-refractivity contribution in [3.8, 4) is 28.7 Å². The minimum atomic E-state index is -1.24. The van der Waals surface area contributed by atoms with Gasteiger partial charge in [0.25, 0.3) is 0 Å². The van der Waals surface area contributed by atoms with E-state index in [2.05, 4.69) is 15.9 Å². The van der Waals surface area contributed by atoms with Crippen molar-refractivity contribution in [2.75, 3.05) is 7.11 Å². The van der Waals surface area contributed by atoms with Crippen LogP contribution in [0.3, 0.4) is 0 Å². The highest BCUT2D eigenvalue weighted by Crippen LogP contribution is 2.45. The largest absolute Gasteiger partial charge is 0.507 e. The molecule has 0 fully saturated rings. The lowest BCUT2D eigenvalue weighted by Crippen LogP contribution is -2.28. The third-order valence-corrected chi connectivity index (χ3v) is 10.3. The van der Waals surface area contributed by atoms with Gasteiger partial charge in [0.05, 0.1) is 12.7 Å². The van der Waals surface area contributed by atoms with Crippen LogP contribution >= 0.6 is 15.9 Å². The second-order valence-corrected chi connectivity index (χ2v) is 13.4. The average molecular weight is 798 g/mol. The Balaban J connectivity index is 1.70. The molecule has 0 heterocycles. The van der Waals surface area contributed by atoms with Gasteiger partial charge in [-0.05, 0) is 123 Å². The molecule has 0 aromatic heterocycles. The summed E-state index contributed by atoms with van der Waals surface area (Å²) < 4.78 is 37.8. The molecule has 0 saturated heterocycles. The number of benzene rings is 3. The van der Waals surface area contributed by atoms with E-state index in [-0.39, 0.29) is 49.8 Å². The Kier molecular flexibility index (Phi) is 11.6. The fourth-order valence-electron chi connectivity index (χ4n) is 6.37. The zero-order chi connectivity index (χ0) is 40.0. The van der Waals surface area contributed by atoms with E-state index in [1.807, 2.05) is 0 Å². The molecule has 0 amide bonds. The number of ether oxygens (including phenoxy) is 4. The lowest BCUT2D eigenvalue weighted by molar-refractivity contribution is -0.137. The van der Waals surface area contributed by atoms with Gasteiger partial charge in [0.1, 0.15) is 44.5 Å². The van der Waals surface area contributed by atoms with E-state index in [0.29, 0.717) is 34.2 Å². The van der Waals surface area contributed by atoms with E-state index in [1.165, 1.54) is 40.9 Å². The number of aromatic carboxylic acids is 1. The number of methoxy groups -OCH3 is 1. The van der Waals surface area contributed by atoms with E-state index in [0.717, 1.165) is 6.08 Å². The number of aromatic hydroxyl groups is 2. The number of carboxylic acids is 1. The molecule has 0 aliphatic heterocycles. The first kappa shape index (κ1) is 40.3. The third-order valence-electron chi connectivity index (χ3n) is 9.57. The first-order valence-corrected chi connectivity index (χ1v) is 17.0. The van der Waals surface area contributed by atoms with Crippen LogP contribution in [0.25, 0.3) is 0 Å². The van der Waals surface area contributed by atoms with Crippen molar-refractivity contribution < 1.29 is 62.6 Å². The fourth-order valence-corrected chi connectivity index (χ4v) is 6.95. The lowest BCUT2D eigenvalue weighted by atomic mass is 9.91. The molecular weight excluding hydrogens is 759 g/mol. The number of allylic oxidation sites excluding steroid dienone is 2. The number of phenols is 2. The molecule has 3 N–H and O–H groups in total. The molecule has 3 aromatic rings. The summed E-state index contributed by atoms with van der Waals surface area (Å²) in [4.78, 5) is 64.2. The lowest BCUT2D eigenvalue weighted by Gasteiger charge is -2.23. The minimum Gasteiger partial charge on any atom is -0.507 e. The predicted octanol–water partition coefficient (Wildman–Crippen LogP) is 7.44. The van der Waals surface area contributed by atoms with Crippen LogP contribution in [-0.2, 0) is 20.7 Å². The van der Waals surface area contributed by atoms with Crippen molar-refractivity contribution in [1.29, 1.82) is 0 Å². The van der Waals surface area contributed by atoms with Gasteiger partial charge in [-0.15, -0.1) is 0 Å². The van der Waals surface area contributed by atoms with Crippen molar-refractivity contribution in [2.24, 2.45) is 5.92 Å². The van der Waals surface area contributed by atoms with Gasteiger partial charge < -0.3 is 34.3 Å². The summed E-state index contributed by atoms with van der Waals surface area (Å²) in [5.41, 5.74) is 0.680. The van der Waals surface area contributed by atoms with Crippen LogP contribution < -0.4 is 14.2 Å². The number of phenolic OH excluding ortho intramolecular Hbond substituents is 2. The Morgan fingerprint density at radius 1 is 0.717 bits per heavy atom. The number of hydrogen-bond donors (Lipinski definition) is 3. The topological polar surface area (TPSA) is 183 Å². The van der Waals surface area contributed by atoms with Crippen LogP contribution in [0.4, 0.5) is 4.39 Å². The van der Waals surface area contributed by atoms with E-state index in [4.69, 9.17) is 18.9 Å². The van der Waals surface area contributed by atoms with E-state index in [9.17, 15) is 39.3 Å². The van der Waals surface area contributed by atoms with Gasteiger partial charge in [0.15, 0.2) is 23.1 Å². The Bertz CT molecular complexity index is 2150. The number of carbonyl (C=O) groups excluding carboxylic acids is 4. The molecule has 0 saturated carbocycles. The number of ketones is 1. The monoisotopic (exact) mass is 796 g/mol. The molecule has 0 radical (unpaired) electrons. The SMILES string of the molecule is CCc1c(C)c(C(=O)O)c(C)c(C)c1OC(=O)c1c(C)c(F)c(OC(=O)c2c(C)c(C)c(OC(=O)C3C(C)=CC(=O)C=C3OC)c(Br)c2O)c(C)c1O. The predicted molar refractivity (Wildman–Crippen MR) is 193 cm³/mol. The molecular formula is C39H38BrFO12. The average Bonchev–Trinajstić information content (AvgIpc) is 3.08. The van der Waals surface area contributed by atoms with Crippen LogP contribution in [0.15, 0.2) is 28.0 Å². The smallest absolute Gasteiger partial charge is 0.347 e. The normalized spacial score (nSPS) is 14.0. The molecule has 0 bridgehead atoms. The number of esters is 3. The highest BCUT2D eigenvalue weighted by atomic mass is 79.9. The first-order chi connectivity index (χ1) is 24.7. The van der Waals surface area contributed by atoms with Gasteiger partial charge in [-0.3, -0.25) is 9.59 Å². The standard InChI is InChI=1S/C39H38BrFO12/c1-11-23-19(7)26(36(45)46)15(3)17(5)33(23)51-39(49)28-20(8)30(41)35(21(9)31(28)43)53-38(48)27-16(4)18(6)34(29(40)32(27)44)52-37(47)25-14(2)12-22(42)13-24(25)50-10/h12-13,25,43-44H,11H2,1-10H3,(H,45,46). The van der Waals surface area contributed by atoms with Gasteiger partial charge in [-0.25, -0.2) is 18.8 Å². The van der Waals surface area contributed by atoms with Gasteiger partial charge in [0, 0.05) is 17.2 Å². The van der Waals surface area contributed by atoms with Crippen molar-refractivity contribution in [3.63, 3.8) is 0 Å². The Labute approximate surface area is 313 Å². The molecule has 1 aliphatic carbocycles. The number of rotatable bonds is 9. The van der Waals surface area contributed by atoms with Crippen LogP contribution in [-0.4, -0.2) is 52.1 Å². The van der Waals surface area contributed by atoms with E-state index < -0.39 is 69.6 Å². The molecule has 3 aromatic carbocycles. The van der Waals surface area contributed by atoms with Crippen molar-refractivity contribution in [3.05, 3.63) is 95.0 Å². The second-order valence-electron chi connectivity index (χ2n) is 12.6. The highest BCUT2D eigenvalue weighted by molar-refractivity contribution is 9.10. The van der Waals surface area contributed by atoms with Crippen molar-refractivity contribution in [1.82, 2.24) is 0 Å². The number of halogens is 2. The summed E-state index contributed by atoms with van der Waals surface area (Å²) in [6.45, 7) is 13.4. The summed E-state index contributed by atoms with van der Waals surface area (Å²) in [5, 5.41) is 32.0. The molecule has 1 unspecified atom stereocenters. The molecule has 280 valence electrons. The summed E-state index contributed by atoms with van der Waals surface area (Å²) >= 11 is 3.17. The maximum Gasteiger partial charge on any atom is 0.347 e. The molecule has 0 spiro atoms. The van der Waals surface area contributed by atoms with Crippen molar-refractivity contribution >= 4 is 45.6 Å². The Morgan fingerprint density at radius 2 is 1.25 bits per heavy atom. The summed E-state index contributed by atoms with van der Waals surface area (Å²) in [6.07, 6.45) is 2.73. The second kappa shape index (κ2) is 15.2. The molecule has 14 heteroatoms. The third kappa shape index (κ3) is 7.02. The van der Waals surface area contributed by atoms with Gasteiger partial charge in [-0.1, -0.05) is 6.92 Å². The van der Waals surface area contributed by atoms with E-state index in [1.54, 1.807) is 34.6 Å². The minimum absolute atomic E-state index is 0.0607. The molecule has 4 rings (SSSR count). The Hall–Kier alpha value is -5.50. The van der Waals surface area contributed by atoms with Gasteiger partial charge >= 0.3 is 23.9 Å². The first-order valence-electron chi connectivity index (χ1n) is 16.2. The number of carbonyl (C=O) groups is 5. The molecule has 53 heavy (non-hydrogen) atoms. The highest BCUT2D eigenvalue weighted by Gasteiger charge is 2.35. The van der Waals surface area contributed by atoms with Crippen LogP contribution in [0, 0.1) is 60.2 Å². The quantitative estimate of drug-likeness (QED) is 0.144. The molecule has 1 aliphatic rings. The summed E-state index contributed by atoms with van der Waals surface area (Å²) in [6, 6.07) is 0. The summed E-state index contributed by atoms with van der Waals surface area (Å²) in [5.74, 6) is -9.07. The van der Waals surface area contributed by atoms with Crippen LogP contribution in [0.5, 0.6) is 28.7 Å². The van der Waals surface area contributed by atoms with Crippen molar-refractivity contribution in [2.45, 2.75) is 68.7 Å². The van der Waals surface area contributed by atoms with Crippen LogP contribution in [0.2, 0.25) is 0 Å². The molecule has 1 atom stereocenters. The zero-order valence-corrected chi connectivity index (χ0v) is 32.3. The summed E-state index contributed by atoms with van der Waals surface area (Å²) in [7, 11) is 1.30. The zero-order valence-electron chi connectivity index (χ0n) is 30.7. The molecule has 12 nitrogen and oxygen atoms in total. The maximum absolute atomic E-state index is 16.0. The van der Waals surface area contributed by atoms with Crippen LogP contribution in [0.1, 0.15) is 89.4 Å². The number of carboxylic acid groups (broad SMARTS) is 1. The Morgan fingerprint density at radius 3 is 1.79 bits per heavy atom. The van der Waals surface area contributed by atoms with Gasteiger partial charge in [0.2, 0.25) is 0 Å². The number of hydrogen-bond acceptors (Lipinski definition) is 11.